The highest BCUT2D eigenvalue weighted by molar-refractivity contribution is 7.99. The van der Waals surface area contributed by atoms with Crippen LogP contribution in [-0.2, 0) is 31.9 Å². The Bertz CT molecular complexity index is 1040. The Hall–Kier alpha value is -1.93. The van der Waals surface area contributed by atoms with Crippen LogP contribution in [0.1, 0.15) is 38.3 Å². The van der Waals surface area contributed by atoms with Gasteiger partial charge in [0.15, 0.2) is 8.32 Å². The zero-order chi connectivity index (χ0) is 26.6. The van der Waals surface area contributed by atoms with Gasteiger partial charge in [0.2, 0.25) is 0 Å². The number of rotatable bonds is 14. The molecule has 0 radical (unpaired) electrons. The van der Waals surface area contributed by atoms with Crippen molar-refractivity contribution >= 4 is 20.1 Å². The second-order valence-corrected chi connectivity index (χ2v) is 15.9. The standard InChI is InChI=1S/C32H42O4SSi/c1-4-38(5-2,6-3)35-25-30-32(34-24-27-18-12-8-13-19-27)29(33-23-26-16-10-7-11-17-26)22-31(36-30)37-28-20-14-9-15-21-28/h7-21,29-32H,4-6,22-25H2,1-3H3/t29-,30-,31-,32+/m1/s1. The van der Waals surface area contributed by atoms with E-state index in [4.69, 9.17) is 18.6 Å². The van der Waals surface area contributed by atoms with E-state index in [2.05, 4.69) is 93.6 Å². The molecular weight excluding hydrogens is 509 g/mol. The summed E-state index contributed by atoms with van der Waals surface area (Å²) in [7, 11) is -1.79. The average molecular weight is 551 g/mol. The van der Waals surface area contributed by atoms with E-state index in [1.54, 1.807) is 11.8 Å². The van der Waals surface area contributed by atoms with Crippen LogP contribution < -0.4 is 0 Å². The van der Waals surface area contributed by atoms with Gasteiger partial charge in [-0.2, -0.15) is 0 Å². The third-order valence-electron chi connectivity index (χ3n) is 7.57. The molecule has 1 fully saturated rings. The highest BCUT2D eigenvalue weighted by Gasteiger charge is 2.42. The zero-order valence-corrected chi connectivity index (χ0v) is 24.8. The van der Waals surface area contributed by atoms with Crippen molar-refractivity contribution in [2.75, 3.05) is 6.61 Å². The molecule has 1 aliphatic heterocycles. The van der Waals surface area contributed by atoms with Crippen LogP contribution in [-0.4, -0.2) is 38.7 Å². The lowest BCUT2D eigenvalue weighted by atomic mass is 10.0. The van der Waals surface area contributed by atoms with Crippen LogP contribution in [0, 0.1) is 0 Å². The zero-order valence-electron chi connectivity index (χ0n) is 23.0. The molecule has 0 spiro atoms. The number of thioether (sulfide) groups is 1. The fraction of sp³-hybridized carbons (Fsp3) is 0.438. The third kappa shape index (κ3) is 8.28. The van der Waals surface area contributed by atoms with Gasteiger partial charge in [-0.1, -0.05) is 111 Å². The number of benzene rings is 3. The summed E-state index contributed by atoms with van der Waals surface area (Å²) in [6, 6.07) is 34.5. The van der Waals surface area contributed by atoms with Gasteiger partial charge in [-0.05, 0) is 41.4 Å². The van der Waals surface area contributed by atoms with E-state index < -0.39 is 8.32 Å². The molecule has 0 saturated carbocycles. The van der Waals surface area contributed by atoms with Crippen molar-refractivity contribution in [3.05, 3.63) is 102 Å². The van der Waals surface area contributed by atoms with Gasteiger partial charge >= 0.3 is 0 Å². The lowest BCUT2D eigenvalue weighted by Gasteiger charge is -2.42. The maximum atomic E-state index is 6.78. The van der Waals surface area contributed by atoms with Crippen molar-refractivity contribution in [1.82, 2.24) is 0 Å². The van der Waals surface area contributed by atoms with Crippen LogP contribution in [0.5, 0.6) is 0 Å². The largest absolute Gasteiger partial charge is 0.414 e. The summed E-state index contributed by atoms with van der Waals surface area (Å²) in [6.07, 6.45) is 0.221. The van der Waals surface area contributed by atoms with Crippen LogP contribution in [0.15, 0.2) is 95.9 Å². The molecule has 0 unspecified atom stereocenters. The Labute approximate surface area is 234 Å². The van der Waals surface area contributed by atoms with Gasteiger partial charge in [-0.25, -0.2) is 0 Å². The fourth-order valence-electron chi connectivity index (χ4n) is 4.99. The first-order chi connectivity index (χ1) is 18.6. The molecule has 6 heteroatoms. The molecule has 0 N–H and O–H groups in total. The summed E-state index contributed by atoms with van der Waals surface area (Å²) < 4.78 is 26.8. The highest BCUT2D eigenvalue weighted by atomic mass is 32.2. The summed E-state index contributed by atoms with van der Waals surface area (Å²) in [4.78, 5) is 1.20. The maximum absolute atomic E-state index is 6.78. The normalized spacial score (nSPS) is 21.9. The van der Waals surface area contributed by atoms with Crippen LogP contribution >= 0.6 is 11.8 Å². The van der Waals surface area contributed by atoms with Crippen molar-refractivity contribution in [2.45, 2.75) is 87.2 Å². The Morgan fingerprint density at radius 1 is 0.737 bits per heavy atom. The minimum atomic E-state index is -1.79. The molecule has 3 aromatic carbocycles. The highest BCUT2D eigenvalue weighted by Crippen LogP contribution is 2.36. The Kier molecular flexibility index (Phi) is 11.5. The monoisotopic (exact) mass is 550 g/mol. The third-order valence-corrected chi connectivity index (χ3v) is 13.3. The van der Waals surface area contributed by atoms with E-state index in [9.17, 15) is 0 Å². The first-order valence-electron chi connectivity index (χ1n) is 14.0. The van der Waals surface area contributed by atoms with Crippen LogP contribution in [0.4, 0.5) is 0 Å². The summed E-state index contributed by atoms with van der Waals surface area (Å²) in [5.41, 5.74) is 2.27. The van der Waals surface area contributed by atoms with E-state index in [1.165, 1.54) is 4.90 Å². The summed E-state index contributed by atoms with van der Waals surface area (Å²) in [5, 5.41) is 0. The number of hydrogen-bond donors (Lipinski definition) is 0. The molecule has 204 valence electrons. The van der Waals surface area contributed by atoms with E-state index in [0.717, 1.165) is 35.7 Å². The van der Waals surface area contributed by atoms with E-state index in [0.29, 0.717) is 19.8 Å². The molecule has 0 aromatic heterocycles. The predicted octanol–water partition coefficient (Wildman–Crippen LogP) is 8.09. The molecule has 4 rings (SSSR count). The maximum Gasteiger partial charge on any atom is 0.192 e. The topological polar surface area (TPSA) is 36.9 Å². The van der Waals surface area contributed by atoms with E-state index in [-0.39, 0.29) is 23.7 Å². The van der Waals surface area contributed by atoms with Gasteiger partial charge in [0.1, 0.15) is 17.6 Å². The van der Waals surface area contributed by atoms with Crippen molar-refractivity contribution < 1.29 is 18.6 Å². The molecular formula is C32H42O4SSi. The Morgan fingerprint density at radius 2 is 1.26 bits per heavy atom. The molecule has 0 aliphatic carbocycles. The summed E-state index contributed by atoms with van der Waals surface area (Å²) >= 11 is 1.76. The van der Waals surface area contributed by atoms with Gasteiger partial charge in [-0.3, -0.25) is 0 Å². The molecule has 38 heavy (non-hydrogen) atoms. The number of ether oxygens (including phenoxy) is 3. The quantitative estimate of drug-likeness (QED) is 0.190. The van der Waals surface area contributed by atoms with Gasteiger partial charge < -0.3 is 18.6 Å². The summed E-state index contributed by atoms with van der Waals surface area (Å²) in [5.74, 6) is 0. The van der Waals surface area contributed by atoms with Crippen molar-refractivity contribution in [2.24, 2.45) is 0 Å². The number of hydrogen-bond acceptors (Lipinski definition) is 5. The summed E-state index contributed by atoms with van der Waals surface area (Å²) in [6.45, 7) is 8.41. The predicted molar refractivity (Wildman–Crippen MR) is 159 cm³/mol. The minimum absolute atomic E-state index is 0.0377. The lowest BCUT2D eigenvalue weighted by molar-refractivity contribution is -0.198. The first-order valence-corrected chi connectivity index (χ1v) is 17.4. The first kappa shape index (κ1) is 29.1. The van der Waals surface area contributed by atoms with E-state index in [1.807, 2.05) is 18.2 Å². The molecule has 1 aliphatic rings. The molecule has 0 amide bonds. The van der Waals surface area contributed by atoms with Crippen molar-refractivity contribution in [1.29, 1.82) is 0 Å². The van der Waals surface area contributed by atoms with Crippen LogP contribution in [0.2, 0.25) is 18.1 Å². The molecule has 1 heterocycles. The molecule has 4 atom stereocenters. The second-order valence-electron chi connectivity index (χ2n) is 9.92. The van der Waals surface area contributed by atoms with Crippen molar-refractivity contribution in [3.63, 3.8) is 0 Å². The Balaban J connectivity index is 1.56. The van der Waals surface area contributed by atoms with Crippen LogP contribution in [0.25, 0.3) is 0 Å². The molecule has 0 bridgehead atoms. The van der Waals surface area contributed by atoms with Gasteiger partial charge in [0, 0.05) is 11.3 Å². The van der Waals surface area contributed by atoms with Gasteiger partial charge in [0.25, 0.3) is 0 Å². The minimum Gasteiger partial charge on any atom is -0.414 e. The molecule has 3 aromatic rings. The fourth-order valence-corrected chi connectivity index (χ4v) is 8.72. The van der Waals surface area contributed by atoms with Crippen molar-refractivity contribution in [3.8, 4) is 0 Å². The lowest BCUT2D eigenvalue weighted by Crippen LogP contribution is -2.53. The average Bonchev–Trinajstić information content (AvgIpc) is 2.98. The van der Waals surface area contributed by atoms with Crippen LogP contribution in [0.3, 0.4) is 0 Å². The molecule has 1 saturated heterocycles. The SMILES string of the molecule is CC[Si](CC)(CC)OC[C@H]1O[C@H](Sc2ccccc2)C[C@@H](OCc2ccccc2)[C@@H]1OCc1ccccc1. The second kappa shape index (κ2) is 15.0. The van der Waals surface area contributed by atoms with Gasteiger partial charge in [0.05, 0.1) is 25.9 Å². The molecule has 4 nitrogen and oxygen atoms in total. The smallest absolute Gasteiger partial charge is 0.192 e. The van der Waals surface area contributed by atoms with Gasteiger partial charge in [-0.15, -0.1) is 0 Å². The Morgan fingerprint density at radius 3 is 1.82 bits per heavy atom. The van der Waals surface area contributed by atoms with E-state index >= 15 is 0 Å².